The van der Waals surface area contributed by atoms with Gasteiger partial charge in [-0.15, -0.1) is 0 Å². The molecule has 4 nitrogen and oxygen atoms in total. The Balaban J connectivity index is 2.99. The van der Waals surface area contributed by atoms with Crippen LogP contribution in [-0.4, -0.2) is 21.6 Å². The average molecular weight is 171 g/mol. The molecule has 0 fully saturated rings. The molecule has 0 saturated carbocycles. The van der Waals surface area contributed by atoms with Crippen molar-refractivity contribution in [3.8, 4) is 0 Å². The van der Waals surface area contributed by atoms with Crippen molar-refractivity contribution in [1.82, 2.24) is 0 Å². The zero-order valence-corrected chi connectivity index (χ0v) is 7.16. The maximum absolute atomic E-state index is 11.2. The molecule has 0 bridgehead atoms. The van der Waals surface area contributed by atoms with Gasteiger partial charge in [0, 0.05) is 6.42 Å². The van der Waals surface area contributed by atoms with E-state index in [4.69, 9.17) is 10.8 Å². The van der Waals surface area contributed by atoms with E-state index in [1.807, 2.05) is 0 Å². The van der Waals surface area contributed by atoms with E-state index in [0.29, 0.717) is 0 Å². The van der Waals surface area contributed by atoms with Crippen LogP contribution in [0.2, 0.25) is 0 Å². The Morgan fingerprint density at radius 3 is 2.25 bits per heavy atom. The summed E-state index contributed by atoms with van der Waals surface area (Å²) < 4.78 is 0. The van der Waals surface area contributed by atoms with E-state index in [0.717, 1.165) is 0 Å². The van der Waals surface area contributed by atoms with Crippen LogP contribution >= 0.6 is 0 Å². The van der Waals surface area contributed by atoms with Gasteiger partial charge >= 0.3 is 0 Å². The van der Waals surface area contributed by atoms with Crippen LogP contribution in [-0.2, 0) is 4.79 Å². The zero-order valence-electron chi connectivity index (χ0n) is 7.16. The number of nitrogens with two attached hydrogens (primary N) is 1. The molecule has 0 spiro atoms. The first kappa shape index (κ1) is 9.06. The molecular weight excluding hydrogens is 158 g/mol. The number of rotatable bonds is 1. The van der Waals surface area contributed by atoms with Crippen LogP contribution in [0.1, 0.15) is 20.3 Å². The highest BCUT2D eigenvalue weighted by atomic mass is 16.3. The standard InChI is InChI=1S/C8H13NO3/c1-4(2)8(12)3-5(9)6(10)7(8)11/h4,10,12H,3,9H2,1-2H3. The summed E-state index contributed by atoms with van der Waals surface area (Å²) >= 11 is 0. The van der Waals surface area contributed by atoms with Gasteiger partial charge in [-0.3, -0.25) is 4.79 Å². The van der Waals surface area contributed by atoms with Gasteiger partial charge in [-0.2, -0.15) is 0 Å². The first-order valence-electron chi connectivity index (χ1n) is 3.84. The van der Waals surface area contributed by atoms with E-state index in [1.165, 1.54) is 0 Å². The second kappa shape index (κ2) is 2.48. The van der Waals surface area contributed by atoms with Crippen LogP contribution in [0.4, 0.5) is 0 Å². The molecule has 12 heavy (non-hydrogen) atoms. The maximum Gasteiger partial charge on any atom is 0.230 e. The summed E-state index contributed by atoms with van der Waals surface area (Å²) in [5.74, 6) is -1.38. The van der Waals surface area contributed by atoms with Gasteiger partial charge in [-0.05, 0) is 5.92 Å². The van der Waals surface area contributed by atoms with Crippen molar-refractivity contribution in [3.63, 3.8) is 0 Å². The summed E-state index contributed by atoms with van der Waals surface area (Å²) in [6, 6.07) is 0. The number of Topliss-reactive ketones (excluding diaryl/α,β-unsaturated/α-hetero) is 1. The summed E-state index contributed by atoms with van der Waals surface area (Å²) in [6.45, 7) is 3.42. The van der Waals surface area contributed by atoms with E-state index < -0.39 is 17.1 Å². The Morgan fingerprint density at radius 2 is 2.08 bits per heavy atom. The van der Waals surface area contributed by atoms with Crippen molar-refractivity contribution >= 4 is 5.78 Å². The number of hydrogen-bond acceptors (Lipinski definition) is 4. The highest BCUT2D eigenvalue weighted by molar-refractivity contribution is 6.03. The predicted molar refractivity (Wildman–Crippen MR) is 43.3 cm³/mol. The van der Waals surface area contributed by atoms with Gasteiger partial charge < -0.3 is 15.9 Å². The number of aliphatic hydroxyl groups excluding tert-OH is 1. The lowest BCUT2D eigenvalue weighted by Gasteiger charge is -2.24. The molecule has 1 atom stereocenters. The van der Waals surface area contributed by atoms with Gasteiger partial charge in [0.2, 0.25) is 5.78 Å². The minimum atomic E-state index is -1.49. The molecule has 0 aromatic rings. The molecule has 4 heteroatoms. The summed E-state index contributed by atoms with van der Waals surface area (Å²) in [4.78, 5) is 11.2. The van der Waals surface area contributed by atoms with Gasteiger partial charge in [0.1, 0.15) is 5.60 Å². The molecule has 0 aliphatic heterocycles. The first-order valence-corrected chi connectivity index (χ1v) is 3.84. The highest BCUT2D eigenvalue weighted by Crippen LogP contribution is 2.33. The molecule has 4 N–H and O–H groups in total. The fraction of sp³-hybridized carbons (Fsp3) is 0.625. The van der Waals surface area contributed by atoms with E-state index >= 15 is 0 Å². The second-order valence-corrected chi connectivity index (χ2v) is 3.46. The van der Waals surface area contributed by atoms with Crippen LogP contribution in [0.15, 0.2) is 11.5 Å². The third kappa shape index (κ3) is 0.992. The smallest absolute Gasteiger partial charge is 0.230 e. The van der Waals surface area contributed by atoms with E-state index in [9.17, 15) is 9.90 Å². The molecule has 1 unspecified atom stereocenters. The molecule has 1 aliphatic rings. The molecule has 0 heterocycles. The average Bonchev–Trinajstić information content (AvgIpc) is 2.17. The van der Waals surface area contributed by atoms with Gasteiger partial charge in [0.25, 0.3) is 0 Å². The van der Waals surface area contributed by atoms with E-state index in [-0.39, 0.29) is 18.0 Å². The van der Waals surface area contributed by atoms with Crippen LogP contribution in [0, 0.1) is 5.92 Å². The quantitative estimate of drug-likeness (QED) is 0.521. The lowest BCUT2D eigenvalue weighted by molar-refractivity contribution is -0.137. The fourth-order valence-corrected chi connectivity index (χ4v) is 1.27. The van der Waals surface area contributed by atoms with Crippen LogP contribution in [0.3, 0.4) is 0 Å². The minimum absolute atomic E-state index is 0.0370. The van der Waals surface area contributed by atoms with Crippen molar-refractivity contribution in [3.05, 3.63) is 11.5 Å². The lowest BCUT2D eigenvalue weighted by atomic mass is 9.87. The molecule has 68 valence electrons. The van der Waals surface area contributed by atoms with Gasteiger partial charge in [0.05, 0.1) is 5.70 Å². The molecule has 0 saturated heterocycles. The Bertz CT molecular complexity index is 257. The first-order chi connectivity index (χ1) is 5.39. The number of aliphatic hydroxyl groups is 2. The van der Waals surface area contributed by atoms with Gasteiger partial charge in [-0.1, -0.05) is 13.8 Å². The Labute approximate surface area is 70.7 Å². The second-order valence-electron chi connectivity index (χ2n) is 3.46. The van der Waals surface area contributed by atoms with E-state index in [1.54, 1.807) is 13.8 Å². The van der Waals surface area contributed by atoms with Crippen molar-refractivity contribution < 1.29 is 15.0 Å². The molecule has 0 aromatic carbocycles. The third-order valence-electron chi connectivity index (χ3n) is 2.33. The van der Waals surface area contributed by atoms with Crippen molar-refractivity contribution in [1.29, 1.82) is 0 Å². The van der Waals surface area contributed by atoms with E-state index in [2.05, 4.69) is 0 Å². The zero-order chi connectivity index (χ0) is 9.52. The molecule has 1 rings (SSSR count). The predicted octanol–water partition coefficient (Wildman–Crippen LogP) is 0.0746. The van der Waals surface area contributed by atoms with Gasteiger partial charge in [-0.25, -0.2) is 0 Å². The third-order valence-corrected chi connectivity index (χ3v) is 2.33. The fourth-order valence-electron chi connectivity index (χ4n) is 1.27. The summed E-state index contributed by atoms with van der Waals surface area (Å²) in [7, 11) is 0. The molecule has 0 amide bonds. The molecule has 1 aliphatic carbocycles. The molecular formula is C8H13NO3. The van der Waals surface area contributed by atoms with Crippen LogP contribution < -0.4 is 5.73 Å². The summed E-state index contributed by atoms with van der Waals surface area (Å²) in [5, 5.41) is 18.8. The topological polar surface area (TPSA) is 83.6 Å². The van der Waals surface area contributed by atoms with Crippen molar-refractivity contribution in [2.45, 2.75) is 25.9 Å². The highest BCUT2D eigenvalue weighted by Gasteiger charge is 2.47. The maximum atomic E-state index is 11.2. The number of carbonyl (C=O) groups excluding carboxylic acids is 1. The summed E-state index contributed by atoms with van der Waals surface area (Å²) in [5.41, 5.74) is 3.92. The summed E-state index contributed by atoms with van der Waals surface area (Å²) in [6.07, 6.45) is 0.0370. The van der Waals surface area contributed by atoms with Crippen molar-refractivity contribution in [2.24, 2.45) is 11.7 Å². The molecule has 0 radical (unpaired) electrons. The largest absolute Gasteiger partial charge is 0.503 e. The number of hydrogen-bond donors (Lipinski definition) is 3. The van der Waals surface area contributed by atoms with Crippen LogP contribution in [0.5, 0.6) is 0 Å². The Hall–Kier alpha value is -1.03. The Morgan fingerprint density at radius 1 is 1.58 bits per heavy atom. The monoisotopic (exact) mass is 171 g/mol. The number of carbonyl (C=O) groups is 1. The minimum Gasteiger partial charge on any atom is -0.503 e. The van der Waals surface area contributed by atoms with Gasteiger partial charge in [0.15, 0.2) is 5.76 Å². The molecule has 0 aromatic heterocycles. The SMILES string of the molecule is CC(C)C1(O)CC(N)=C(O)C1=O. The lowest BCUT2D eigenvalue weighted by Crippen LogP contribution is -2.41. The van der Waals surface area contributed by atoms with Crippen molar-refractivity contribution in [2.75, 3.05) is 0 Å². The Kier molecular flexibility index (Phi) is 1.88. The number of ketones is 1. The normalized spacial score (nSPS) is 30.5. The van der Waals surface area contributed by atoms with Crippen LogP contribution in [0.25, 0.3) is 0 Å².